The molecule has 6 nitrogen and oxygen atoms in total. The Morgan fingerprint density at radius 2 is 2.00 bits per heavy atom. The normalized spacial score (nSPS) is 18.4. The maximum atomic E-state index is 11.7. The topological polar surface area (TPSA) is 98.5 Å². The quantitative estimate of drug-likeness (QED) is 0.639. The van der Waals surface area contributed by atoms with Crippen LogP contribution in [-0.4, -0.2) is 39.0 Å². The van der Waals surface area contributed by atoms with Gasteiger partial charge in [0, 0.05) is 6.04 Å². The van der Waals surface area contributed by atoms with Crippen LogP contribution in [0.25, 0.3) is 0 Å². The van der Waals surface area contributed by atoms with Gasteiger partial charge in [0.05, 0.1) is 35.6 Å². The number of anilines is 2. The molecular weight excluding hydrogens is 280 g/mol. The Kier molecular flexibility index (Phi) is 4.17. The summed E-state index contributed by atoms with van der Waals surface area (Å²) < 4.78 is 27.5. The third-order valence-corrected chi connectivity index (χ3v) is 5.12. The van der Waals surface area contributed by atoms with Crippen molar-refractivity contribution >= 4 is 27.2 Å². The zero-order valence-electron chi connectivity index (χ0n) is 11.3. The van der Waals surface area contributed by atoms with E-state index in [1.807, 2.05) is 0 Å². The SMILES string of the molecule is COC(=O)c1cccc(N)c1NC1CCS(=O)(=O)CC1. The van der Waals surface area contributed by atoms with E-state index in [0.717, 1.165) is 0 Å². The monoisotopic (exact) mass is 298 g/mol. The molecule has 20 heavy (non-hydrogen) atoms. The highest BCUT2D eigenvalue weighted by atomic mass is 32.2. The van der Waals surface area contributed by atoms with Crippen LogP contribution in [0, 0.1) is 0 Å². The molecule has 0 saturated carbocycles. The summed E-state index contributed by atoms with van der Waals surface area (Å²) in [7, 11) is -1.60. The number of nitrogen functional groups attached to an aromatic ring is 1. The lowest BCUT2D eigenvalue weighted by atomic mass is 10.1. The fraction of sp³-hybridized carbons (Fsp3) is 0.462. The van der Waals surface area contributed by atoms with Gasteiger partial charge in [-0.3, -0.25) is 0 Å². The van der Waals surface area contributed by atoms with Crippen molar-refractivity contribution in [3.8, 4) is 0 Å². The van der Waals surface area contributed by atoms with Crippen molar-refractivity contribution in [2.45, 2.75) is 18.9 Å². The highest BCUT2D eigenvalue weighted by Crippen LogP contribution is 2.27. The number of sulfone groups is 1. The summed E-state index contributed by atoms with van der Waals surface area (Å²) in [6.07, 6.45) is 1.02. The summed E-state index contributed by atoms with van der Waals surface area (Å²) in [4.78, 5) is 11.7. The maximum absolute atomic E-state index is 11.7. The number of benzene rings is 1. The first kappa shape index (κ1) is 14.6. The Morgan fingerprint density at radius 1 is 1.35 bits per heavy atom. The van der Waals surface area contributed by atoms with Gasteiger partial charge in [-0.25, -0.2) is 13.2 Å². The van der Waals surface area contributed by atoms with E-state index in [-0.39, 0.29) is 17.5 Å². The standard InChI is InChI=1S/C13H18N2O4S/c1-19-13(16)10-3-2-4-11(14)12(10)15-9-5-7-20(17,18)8-6-9/h2-4,9,15H,5-8,14H2,1H3. The van der Waals surface area contributed by atoms with Crippen LogP contribution >= 0.6 is 0 Å². The van der Waals surface area contributed by atoms with E-state index in [9.17, 15) is 13.2 Å². The van der Waals surface area contributed by atoms with Crippen molar-refractivity contribution in [3.05, 3.63) is 23.8 Å². The minimum absolute atomic E-state index is 0.00775. The van der Waals surface area contributed by atoms with Crippen LogP contribution in [0.2, 0.25) is 0 Å². The van der Waals surface area contributed by atoms with E-state index in [4.69, 9.17) is 10.5 Å². The first-order chi connectivity index (χ1) is 9.43. The molecule has 0 aliphatic carbocycles. The van der Waals surface area contributed by atoms with Crippen LogP contribution in [0.15, 0.2) is 18.2 Å². The molecule has 0 radical (unpaired) electrons. The molecule has 1 saturated heterocycles. The van der Waals surface area contributed by atoms with Gasteiger partial charge in [-0.2, -0.15) is 0 Å². The number of carbonyl (C=O) groups is 1. The summed E-state index contributed by atoms with van der Waals surface area (Å²) in [6, 6.07) is 4.99. The van der Waals surface area contributed by atoms with E-state index in [1.165, 1.54) is 7.11 Å². The lowest BCUT2D eigenvalue weighted by Gasteiger charge is -2.25. The summed E-state index contributed by atoms with van der Waals surface area (Å²) in [5, 5.41) is 3.18. The molecular formula is C13H18N2O4S. The summed E-state index contributed by atoms with van der Waals surface area (Å²) in [5.41, 5.74) is 7.22. The van der Waals surface area contributed by atoms with Crippen molar-refractivity contribution < 1.29 is 17.9 Å². The second-order valence-corrected chi connectivity index (χ2v) is 7.14. The van der Waals surface area contributed by atoms with Gasteiger partial charge in [0.15, 0.2) is 0 Å². The number of rotatable bonds is 3. The smallest absolute Gasteiger partial charge is 0.340 e. The highest BCUT2D eigenvalue weighted by molar-refractivity contribution is 7.91. The number of para-hydroxylation sites is 1. The van der Waals surface area contributed by atoms with Crippen LogP contribution in [0.3, 0.4) is 0 Å². The average Bonchev–Trinajstić information content (AvgIpc) is 2.42. The fourth-order valence-corrected chi connectivity index (χ4v) is 3.74. The summed E-state index contributed by atoms with van der Waals surface area (Å²) in [5.74, 6) is -0.154. The fourth-order valence-electron chi connectivity index (χ4n) is 2.25. The number of methoxy groups -OCH3 is 1. The Morgan fingerprint density at radius 3 is 2.60 bits per heavy atom. The van der Waals surface area contributed by atoms with Crippen LogP contribution in [-0.2, 0) is 14.6 Å². The van der Waals surface area contributed by atoms with Gasteiger partial charge in [-0.1, -0.05) is 6.07 Å². The van der Waals surface area contributed by atoms with Crippen LogP contribution in [0.5, 0.6) is 0 Å². The number of nitrogens with two attached hydrogens (primary N) is 1. The molecule has 1 fully saturated rings. The molecule has 0 spiro atoms. The van der Waals surface area contributed by atoms with Gasteiger partial charge in [0.25, 0.3) is 0 Å². The molecule has 110 valence electrons. The van der Waals surface area contributed by atoms with Crippen molar-refractivity contribution in [1.29, 1.82) is 0 Å². The lowest BCUT2D eigenvalue weighted by Crippen LogP contribution is -2.32. The second kappa shape index (κ2) is 5.70. The minimum atomic E-state index is -2.91. The second-order valence-electron chi connectivity index (χ2n) is 4.83. The molecule has 3 N–H and O–H groups in total. The first-order valence-corrected chi connectivity index (χ1v) is 8.19. The Labute approximate surface area is 118 Å². The molecule has 0 bridgehead atoms. The Bertz CT molecular complexity index is 599. The van der Waals surface area contributed by atoms with Crippen LogP contribution in [0.1, 0.15) is 23.2 Å². The third-order valence-electron chi connectivity index (χ3n) is 3.41. The number of esters is 1. The lowest BCUT2D eigenvalue weighted by molar-refractivity contribution is 0.0602. The number of nitrogens with one attached hydrogen (secondary N) is 1. The molecule has 1 heterocycles. The third kappa shape index (κ3) is 3.22. The van der Waals surface area contributed by atoms with Gasteiger partial charge in [0.2, 0.25) is 0 Å². The molecule has 1 aromatic rings. The maximum Gasteiger partial charge on any atom is 0.340 e. The molecule has 0 aromatic heterocycles. The van der Waals surface area contributed by atoms with Crippen LogP contribution in [0.4, 0.5) is 11.4 Å². The molecule has 2 rings (SSSR count). The average molecular weight is 298 g/mol. The minimum Gasteiger partial charge on any atom is -0.465 e. The zero-order valence-corrected chi connectivity index (χ0v) is 12.1. The van der Waals surface area contributed by atoms with Gasteiger partial charge < -0.3 is 15.8 Å². The number of carbonyl (C=O) groups excluding carboxylic acids is 1. The molecule has 1 aliphatic rings. The Hall–Kier alpha value is -1.76. The molecule has 7 heteroatoms. The van der Waals surface area contributed by atoms with Crippen LogP contribution < -0.4 is 11.1 Å². The molecule has 0 unspecified atom stereocenters. The van der Waals surface area contributed by atoms with E-state index in [1.54, 1.807) is 18.2 Å². The Balaban J connectivity index is 2.19. The largest absolute Gasteiger partial charge is 0.465 e. The summed E-state index contributed by atoms with van der Waals surface area (Å²) >= 11 is 0. The molecule has 0 atom stereocenters. The zero-order chi connectivity index (χ0) is 14.8. The van der Waals surface area contributed by atoms with Gasteiger partial charge in [0.1, 0.15) is 9.84 Å². The van der Waals surface area contributed by atoms with E-state index in [2.05, 4.69) is 5.32 Å². The predicted molar refractivity (Wildman–Crippen MR) is 77.5 cm³/mol. The number of hydrogen-bond donors (Lipinski definition) is 2. The van der Waals surface area contributed by atoms with Crippen molar-refractivity contribution in [3.63, 3.8) is 0 Å². The van der Waals surface area contributed by atoms with Crippen molar-refractivity contribution in [2.75, 3.05) is 29.7 Å². The molecule has 0 amide bonds. The van der Waals surface area contributed by atoms with E-state index >= 15 is 0 Å². The van der Waals surface area contributed by atoms with Gasteiger partial charge in [-0.05, 0) is 25.0 Å². The summed E-state index contributed by atoms with van der Waals surface area (Å²) in [6.45, 7) is 0. The molecule has 1 aliphatic heterocycles. The van der Waals surface area contributed by atoms with Crippen molar-refractivity contribution in [1.82, 2.24) is 0 Å². The number of ether oxygens (including phenoxy) is 1. The van der Waals surface area contributed by atoms with Crippen molar-refractivity contribution in [2.24, 2.45) is 0 Å². The van der Waals surface area contributed by atoms with E-state index in [0.29, 0.717) is 29.8 Å². The predicted octanol–water partition coefficient (Wildman–Crippen LogP) is 1.04. The molecule has 1 aromatic carbocycles. The number of hydrogen-bond acceptors (Lipinski definition) is 6. The highest BCUT2D eigenvalue weighted by Gasteiger charge is 2.25. The van der Waals surface area contributed by atoms with Gasteiger partial charge in [-0.15, -0.1) is 0 Å². The van der Waals surface area contributed by atoms with Gasteiger partial charge >= 0.3 is 5.97 Å². The first-order valence-electron chi connectivity index (χ1n) is 6.37. The van der Waals surface area contributed by atoms with E-state index < -0.39 is 15.8 Å².